The molecule has 2 atom stereocenters. The average Bonchev–Trinajstić information content (AvgIpc) is 4.22. The van der Waals surface area contributed by atoms with Gasteiger partial charge in [-0.25, -0.2) is 45.6 Å². The highest BCUT2D eigenvalue weighted by atomic mass is 32.2. The molecule has 0 aliphatic carbocycles. The van der Waals surface area contributed by atoms with E-state index in [1.807, 2.05) is 26.0 Å². The number of aryl methyl sites for hydroxylation is 2. The third-order valence-corrected chi connectivity index (χ3v) is 15.5. The molecular formula is C48H52F2N10O10S2. The van der Waals surface area contributed by atoms with E-state index in [9.17, 15) is 25.6 Å². The summed E-state index contributed by atoms with van der Waals surface area (Å²) < 4.78 is 117. The van der Waals surface area contributed by atoms with E-state index in [0.29, 0.717) is 70.4 Å². The van der Waals surface area contributed by atoms with Crippen molar-refractivity contribution in [2.24, 2.45) is 0 Å². The molecule has 8 aromatic rings. The second-order valence-electron chi connectivity index (χ2n) is 16.1. The molecule has 0 amide bonds. The number of halogens is 2. The van der Waals surface area contributed by atoms with Gasteiger partial charge < -0.3 is 27.8 Å². The smallest absolute Gasteiger partial charge is 0.204 e. The number of furan rings is 2. The molecule has 0 spiro atoms. The van der Waals surface area contributed by atoms with E-state index in [1.54, 1.807) is 71.5 Å². The summed E-state index contributed by atoms with van der Waals surface area (Å²) >= 11 is 0. The molecule has 0 aliphatic rings. The van der Waals surface area contributed by atoms with Crippen LogP contribution in [0.1, 0.15) is 62.5 Å². The van der Waals surface area contributed by atoms with Gasteiger partial charge in [-0.15, -0.1) is 20.4 Å². The highest BCUT2D eigenvalue weighted by Gasteiger charge is 2.32. The summed E-state index contributed by atoms with van der Waals surface area (Å²) in [5.74, 6) is 3.35. The van der Waals surface area contributed by atoms with Crippen LogP contribution >= 0.6 is 0 Å². The van der Waals surface area contributed by atoms with Gasteiger partial charge in [0.05, 0.1) is 63.7 Å². The molecular weight excluding hydrogens is 979 g/mol. The third-order valence-electron chi connectivity index (χ3n) is 11.3. The summed E-state index contributed by atoms with van der Waals surface area (Å²) in [5, 5.41) is 15.3. The predicted molar refractivity (Wildman–Crippen MR) is 259 cm³/mol. The van der Waals surface area contributed by atoms with E-state index < -0.39 is 53.3 Å². The normalized spacial score (nSPS) is 12.5. The number of benzene rings is 2. The fourth-order valence-corrected chi connectivity index (χ4v) is 9.86. The Morgan fingerprint density at radius 2 is 0.861 bits per heavy atom. The van der Waals surface area contributed by atoms with Gasteiger partial charge in [-0.2, -0.15) is 0 Å². The van der Waals surface area contributed by atoms with Crippen molar-refractivity contribution in [2.45, 2.75) is 75.4 Å². The molecule has 0 aliphatic heterocycles. The van der Waals surface area contributed by atoms with Crippen molar-refractivity contribution in [3.63, 3.8) is 0 Å². The van der Waals surface area contributed by atoms with Crippen LogP contribution < -0.4 is 18.9 Å². The van der Waals surface area contributed by atoms with Gasteiger partial charge in [0.2, 0.25) is 11.6 Å². The molecule has 8 rings (SSSR count). The van der Waals surface area contributed by atoms with Crippen molar-refractivity contribution >= 4 is 19.7 Å². The van der Waals surface area contributed by atoms with Gasteiger partial charge in [0.1, 0.15) is 69.0 Å². The van der Waals surface area contributed by atoms with E-state index in [2.05, 4.69) is 40.3 Å². The number of methoxy groups -OCH3 is 4. The molecule has 0 radical (unpaired) electrons. The van der Waals surface area contributed by atoms with E-state index in [1.165, 1.54) is 28.4 Å². The molecule has 24 heteroatoms. The fraction of sp³-hybridized carbons (Fsp3) is 0.333. The number of sulfone groups is 2. The largest absolute Gasteiger partial charge is 0.494 e. The van der Waals surface area contributed by atoms with Crippen molar-refractivity contribution in [3.8, 4) is 57.5 Å². The topological polar surface area (TPSA) is 244 Å². The van der Waals surface area contributed by atoms with E-state index in [4.69, 9.17) is 27.8 Å². The van der Waals surface area contributed by atoms with Gasteiger partial charge in [0.15, 0.2) is 54.5 Å². The van der Waals surface area contributed by atoms with Crippen LogP contribution in [0.25, 0.3) is 34.5 Å². The SMILES string of the molecule is CCc1ccc(-c2nnc(CS(=O)(=O)[C@@H](C)Cc3ncc(F)cn3)n2-c2c(OC)cccc2OC)o1.CCc1ccc(-c2nnc(CS(=O)(=O)[C@H](C)Cc3ncc(F)cn3)n2-c2c(OC)cccc2OC)o1. The molecule has 380 valence electrons. The summed E-state index contributed by atoms with van der Waals surface area (Å²) in [4.78, 5) is 15.5. The van der Waals surface area contributed by atoms with Crippen LogP contribution in [0.5, 0.6) is 23.0 Å². The summed E-state index contributed by atoms with van der Waals surface area (Å²) in [6.45, 7) is 7.02. The minimum Gasteiger partial charge on any atom is -0.494 e. The summed E-state index contributed by atoms with van der Waals surface area (Å²) in [5.41, 5.74) is 0.883. The van der Waals surface area contributed by atoms with Crippen LogP contribution in [0.3, 0.4) is 0 Å². The monoisotopic (exact) mass is 1030 g/mol. The van der Waals surface area contributed by atoms with Crippen LogP contribution in [0, 0.1) is 11.6 Å². The Bertz CT molecular complexity index is 3080. The Morgan fingerprint density at radius 1 is 0.528 bits per heavy atom. The van der Waals surface area contributed by atoms with Crippen LogP contribution in [-0.4, -0.2) is 105 Å². The fourth-order valence-electron chi connectivity index (χ4n) is 7.39. The second kappa shape index (κ2) is 22.6. The van der Waals surface area contributed by atoms with Crippen molar-refractivity contribution in [1.29, 1.82) is 0 Å². The number of hydrogen-bond donors (Lipinski definition) is 0. The van der Waals surface area contributed by atoms with E-state index in [0.717, 1.165) is 36.3 Å². The van der Waals surface area contributed by atoms with Gasteiger partial charge >= 0.3 is 0 Å². The molecule has 72 heavy (non-hydrogen) atoms. The van der Waals surface area contributed by atoms with Crippen LogP contribution in [0.4, 0.5) is 8.78 Å². The molecule has 6 heterocycles. The first-order valence-electron chi connectivity index (χ1n) is 22.4. The number of para-hydroxylation sites is 2. The average molecular weight is 1030 g/mol. The lowest BCUT2D eigenvalue weighted by Crippen LogP contribution is -2.24. The molecule has 0 N–H and O–H groups in total. The molecule has 2 aromatic carbocycles. The predicted octanol–water partition coefficient (Wildman–Crippen LogP) is 7.16. The van der Waals surface area contributed by atoms with Gasteiger partial charge in [-0.1, -0.05) is 26.0 Å². The Kier molecular flexibility index (Phi) is 16.4. The summed E-state index contributed by atoms with van der Waals surface area (Å²) in [7, 11) is -1.52. The van der Waals surface area contributed by atoms with E-state index >= 15 is 0 Å². The molecule has 0 unspecified atom stereocenters. The Hall–Kier alpha value is -7.60. The zero-order valence-electron chi connectivity index (χ0n) is 40.6. The summed E-state index contributed by atoms with van der Waals surface area (Å²) in [6, 6.07) is 17.6. The zero-order valence-corrected chi connectivity index (χ0v) is 42.2. The minimum absolute atomic E-state index is 0.0135. The van der Waals surface area contributed by atoms with E-state index in [-0.39, 0.29) is 36.1 Å². The van der Waals surface area contributed by atoms with Crippen LogP contribution in [0.2, 0.25) is 0 Å². The first kappa shape index (κ1) is 52.2. The number of nitrogens with zero attached hydrogens (tertiary/aromatic N) is 10. The zero-order chi connectivity index (χ0) is 51.7. The second-order valence-corrected chi connectivity index (χ2v) is 20.9. The lowest BCUT2D eigenvalue weighted by Gasteiger charge is -2.17. The van der Waals surface area contributed by atoms with Crippen molar-refractivity contribution in [2.75, 3.05) is 28.4 Å². The highest BCUT2D eigenvalue weighted by molar-refractivity contribution is 7.91. The molecule has 0 bridgehead atoms. The van der Waals surface area contributed by atoms with Crippen LogP contribution in [-0.2, 0) is 56.9 Å². The maximum atomic E-state index is 13.4. The molecule has 20 nitrogen and oxygen atoms in total. The lowest BCUT2D eigenvalue weighted by atomic mass is 10.2. The standard InChI is InChI=1S/2C24H26FN5O5S/c2*1-5-17-9-10-20(35-17)24-29-28-22(30(24)23-18(33-3)7-6-8-19(23)34-4)14-36(31,32)15(2)11-21-26-12-16(25)13-27-21/h2*6-10,12-13,15H,5,11,14H2,1-4H3/t2*15-/m10/s1. The molecule has 0 saturated heterocycles. The lowest BCUT2D eigenvalue weighted by molar-refractivity contribution is 0.390. The molecule has 6 aromatic heterocycles. The van der Waals surface area contributed by atoms with Gasteiger partial charge in [-0.05, 0) is 62.4 Å². The molecule has 0 fully saturated rings. The Morgan fingerprint density at radius 3 is 1.15 bits per heavy atom. The number of aromatic nitrogens is 10. The van der Waals surface area contributed by atoms with Crippen molar-refractivity contribution < 1.29 is 53.4 Å². The molecule has 0 saturated carbocycles. The van der Waals surface area contributed by atoms with Crippen LogP contribution in [0.15, 0.2) is 94.3 Å². The Balaban J connectivity index is 0.000000211. The number of hydrogen-bond acceptors (Lipinski definition) is 18. The third kappa shape index (κ3) is 11.6. The number of ether oxygens (including phenoxy) is 4. The minimum atomic E-state index is -3.77. The van der Waals surface area contributed by atoms with Crippen molar-refractivity contribution in [1.82, 2.24) is 49.5 Å². The van der Waals surface area contributed by atoms with Gasteiger partial charge in [0, 0.05) is 25.7 Å². The summed E-state index contributed by atoms with van der Waals surface area (Å²) in [6.07, 6.45) is 5.41. The van der Waals surface area contributed by atoms with Gasteiger partial charge in [0.25, 0.3) is 0 Å². The number of rotatable bonds is 20. The highest BCUT2D eigenvalue weighted by Crippen LogP contribution is 2.39. The van der Waals surface area contributed by atoms with Gasteiger partial charge in [-0.3, -0.25) is 9.13 Å². The maximum absolute atomic E-state index is 13.4. The first-order valence-corrected chi connectivity index (χ1v) is 25.8. The quantitative estimate of drug-likeness (QED) is 0.0734. The maximum Gasteiger partial charge on any atom is 0.204 e. The first-order chi connectivity index (χ1) is 34.5. The Labute approximate surface area is 414 Å². The van der Waals surface area contributed by atoms with Crippen molar-refractivity contribution in [3.05, 3.63) is 132 Å².